The van der Waals surface area contributed by atoms with Gasteiger partial charge in [-0.3, -0.25) is 9.59 Å². The van der Waals surface area contributed by atoms with Crippen LogP contribution < -0.4 is 10.2 Å². The van der Waals surface area contributed by atoms with Crippen LogP contribution in [-0.2, 0) is 20.7 Å². The summed E-state index contributed by atoms with van der Waals surface area (Å²) >= 11 is 0. The third-order valence-corrected chi connectivity index (χ3v) is 4.98. The van der Waals surface area contributed by atoms with Crippen molar-refractivity contribution in [3.63, 3.8) is 0 Å². The Bertz CT molecular complexity index is 892. The zero-order chi connectivity index (χ0) is 20.8. The molecule has 3 rings (SSSR count). The highest BCUT2D eigenvalue weighted by atomic mass is 16.5. The molecule has 0 unspecified atom stereocenters. The van der Waals surface area contributed by atoms with E-state index in [1.54, 1.807) is 29.2 Å². The Kier molecular flexibility index (Phi) is 6.65. The minimum absolute atomic E-state index is 0.0416. The molecule has 0 aliphatic carbocycles. The van der Waals surface area contributed by atoms with Gasteiger partial charge in [-0.25, -0.2) is 4.79 Å². The summed E-state index contributed by atoms with van der Waals surface area (Å²) in [5.74, 6) is -1.03. The molecule has 0 spiro atoms. The maximum absolute atomic E-state index is 12.7. The van der Waals surface area contributed by atoms with Crippen LogP contribution in [-0.4, -0.2) is 30.9 Å². The van der Waals surface area contributed by atoms with Crippen LogP contribution in [0.1, 0.15) is 42.6 Å². The lowest BCUT2D eigenvalue weighted by Gasteiger charge is -2.20. The molecular weight excluding hydrogens is 368 g/mol. The van der Waals surface area contributed by atoms with Gasteiger partial charge in [-0.15, -0.1) is 0 Å². The van der Waals surface area contributed by atoms with Crippen LogP contribution >= 0.6 is 0 Å². The normalized spacial score (nSPS) is 16.0. The fourth-order valence-corrected chi connectivity index (χ4v) is 3.40. The number of hydrogen-bond acceptors (Lipinski definition) is 4. The van der Waals surface area contributed by atoms with Gasteiger partial charge in [0.1, 0.15) is 0 Å². The molecule has 1 N–H and O–H groups in total. The lowest BCUT2D eigenvalue weighted by molar-refractivity contribution is -0.122. The summed E-state index contributed by atoms with van der Waals surface area (Å²) in [5.41, 5.74) is 2.99. The molecule has 0 saturated carbocycles. The number of ether oxygens (including phenoxy) is 1. The molecule has 1 aliphatic rings. The molecule has 1 aliphatic heterocycles. The number of hydrogen-bond donors (Lipinski definition) is 1. The standard InChI is InChI=1S/C23H26N2O4/c1-3-13-29-23(28)17-9-11-19(12-10-17)24-22(27)18-14-21(26)25(15-18)20-8-6-5-7-16(20)4-2/h5-12,18H,3-4,13-15H2,1-2H3,(H,24,27)/t18-/m0/s1. The largest absolute Gasteiger partial charge is 0.462 e. The second kappa shape index (κ2) is 9.37. The van der Waals surface area contributed by atoms with E-state index >= 15 is 0 Å². The van der Waals surface area contributed by atoms with Crippen LogP contribution in [0.25, 0.3) is 0 Å². The smallest absolute Gasteiger partial charge is 0.338 e. The molecule has 0 bridgehead atoms. The van der Waals surface area contributed by atoms with Gasteiger partial charge in [0, 0.05) is 24.3 Å². The van der Waals surface area contributed by atoms with Crippen LogP contribution in [0.2, 0.25) is 0 Å². The summed E-state index contributed by atoms with van der Waals surface area (Å²) < 4.78 is 5.09. The van der Waals surface area contributed by atoms with E-state index in [-0.39, 0.29) is 24.2 Å². The average Bonchev–Trinajstić information content (AvgIpc) is 3.14. The Balaban J connectivity index is 1.63. The summed E-state index contributed by atoms with van der Waals surface area (Å²) in [6, 6.07) is 14.4. The van der Waals surface area contributed by atoms with Crippen molar-refractivity contribution in [2.75, 3.05) is 23.4 Å². The molecule has 152 valence electrons. The number of para-hydroxylation sites is 1. The molecule has 0 aromatic heterocycles. The van der Waals surface area contributed by atoms with Gasteiger partial charge in [-0.05, 0) is 48.7 Å². The Labute approximate surface area is 170 Å². The van der Waals surface area contributed by atoms with E-state index in [0.29, 0.717) is 24.4 Å². The second-order valence-corrected chi connectivity index (χ2v) is 7.09. The first-order valence-corrected chi connectivity index (χ1v) is 9.99. The quantitative estimate of drug-likeness (QED) is 0.725. The molecule has 6 heteroatoms. The molecule has 0 radical (unpaired) electrons. The van der Waals surface area contributed by atoms with Gasteiger partial charge in [-0.1, -0.05) is 32.0 Å². The van der Waals surface area contributed by atoms with Crippen LogP contribution in [0, 0.1) is 5.92 Å². The van der Waals surface area contributed by atoms with E-state index in [1.165, 1.54) is 0 Å². The SMILES string of the molecule is CCCOC(=O)c1ccc(NC(=O)[C@H]2CC(=O)N(c3ccccc3CC)C2)cc1. The third-order valence-electron chi connectivity index (χ3n) is 4.98. The number of amides is 2. The summed E-state index contributed by atoms with van der Waals surface area (Å²) in [7, 11) is 0. The minimum Gasteiger partial charge on any atom is -0.462 e. The number of esters is 1. The molecule has 6 nitrogen and oxygen atoms in total. The van der Waals surface area contributed by atoms with Crippen LogP contribution in [0.3, 0.4) is 0 Å². The molecule has 1 saturated heterocycles. The zero-order valence-electron chi connectivity index (χ0n) is 16.8. The topological polar surface area (TPSA) is 75.7 Å². The highest BCUT2D eigenvalue weighted by Crippen LogP contribution is 2.29. The molecule has 1 atom stereocenters. The molecule has 2 aromatic carbocycles. The summed E-state index contributed by atoms with van der Waals surface area (Å²) in [5, 5.41) is 2.84. The molecule has 1 heterocycles. The minimum atomic E-state index is -0.415. The highest BCUT2D eigenvalue weighted by molar-refractivity contribution is 6.04. The molecule has 29 heavy (non-hydrogen) atoms. The first kappa shape index (κ1) is 20.6. The van der Waals surface area contributed by atoms with Crippen molar-refractivity contribution >= 4 is 29.2 Å². The number of carbonyl (C=O) groups excluding carboxylic acids is 3. The monoisotopic (exact) mass is 394 g/mol. The van der Waals surface area contributed by atoms with E-state index in [1.807, 2.05) is 38.1 Å². The first-order chi connectivity index (χ1) is 14.0. The van der Waals surface area contributed by atoms with Gasteiger partial charge < -0.3 is 15.0 Å². The molecule has 2 amide bonds. The lowest BCUT2D eigenvalue weighted by Crippen LogP contribution is -2.28. The molecule has 1 fully saturated rings. The number of nitrogens with one attached hydrogen (secondary N) is 1. The van der Waals surface area contributed by atoms with E-state index in [9.17, 15) is 14.4 Å². The first-order valence-electron chi connectivity index (χ1n) is 9.99. The number of aryl methyl sites for hydroxylation is 1. The fraction of sp³-hybridized carbons (Fsp3) is 0.348. The molecular formula is C23H26N2O4. The van der Waals surface area contributed by atoms with Crippen LogP contribution in [0.5, 0.6) is 0 Å². The van der Waals surface area contributed by atoms with Crippen LogP contribution in [0.15, 0.2) is 48.5 Å². The van der Waals surface area contributed by atoms with Crippen molar-refractivity contribution < 1.29 is 19.1 Å². The van der Waals surface area contributed by atoms with Gasteiger partial charge in [0.05, 0.1) is 18.1 Å². The van der Waals surface area contributed by atoms with Crippen molar-refractivity contribution in [3.8, 4) is 0 Å². The predicted octanol–water partition coefficient (Wildman–Crippen LogP) is 3.81. The van der Waals surface area contributed by atoms with E-state index < -0.39 is 5.92 Å². The number of anilines is 2. The predicted molar refractivity (Wildman–Crippen MR) is 112 cm³/mol. The third kappa shape index (κ3) is 4.83. The number of nitrogens with zero attached hydrogens (tertiary/aromatic N) is 1. The van der Waals surface area contributed by atoms with Gasteiger partial charge in [0.2, 0.25) is 11.8 Å². The Morgan fingerprint density at radius 1 is 1.10 bits per heavy atom. The Hall–Kier alpha value is -3.15. The van der Waals surface area contributed by atoms with Crippen molar-refractivity contribution in [2.24, 2.45) is 5.92 Å². The number of carbonyl (C=O) groups is 3. The maximum atomic E-state index is 12.7. The van der Waals surface area contributed by atoms with Crippen molar-refractivity contribution in [2.45, 2.75) is 33.1 Å². The van der Waals surface area contributed by atoms with Gasteiger partial charge in [-0.2, -0.15) is 0 Å². The van der Waals surface area contributed by atoms with Gasteiger partial charge >= 0.3 is 5.97 Å². The second-order valence-electron chi connectivity index (χ2n) is 7.09. The van der Waals surface area contributed by atoms with Gasteiger partial charge in [0.15, 0.2) is 0 Å². The number of rotatable bonds is 7. The summed E-state index contributed by atoms with van der Waals surface area (Å²) in [4.78, 5) is 38.7. The maximum Gasteiger partial charge on any atom is 0.338 e. The lowest BCUT2D eigenvalue weighted by atomic mass is 10.1. The van der Waals surface area contributed by atoms with Crippen molar-refractivity contribution in [1.29, 1.82) is 0 Å². The zero-order valence-corrected chi connectivity index (χ0v) is 16.8. The van der Waals surface area contributed by atoms with Gasteiger partial charge in [0.25, 0.3) is 0 Å². The van der Waals surface area contributed by atoms with Crippen LogP contribution in [0.4, 0.5) is 11.4 Å². The Morgan fingerprint density at radius 2 is 1.83 bits per heavy atom. The molecule has 2 aromatic rings. The highest BCUT2D eigenvalue weighted by Gasteiger charge is 2.35. The Morgan fingerprint density at radius 3 is 2.52 bits per heavy atom. The van der Waals surface area contributed by atoms with E-state index in [4.69, 9.17) is 4.74 Å². The van der Waals surface area contributed by atoms with E-state index in [0.717, 1.165) is 24.1 Å². The average molecular weight is 394 g/mol. The van der Waals surface area contributed by atoms with Crippen molar-refractivity contribution in [3.05, 3.63) is 59.7 Å². The number of benzene rings is 2. The fourth-order valence-electron chi connectivity index (χ4n) is 3.40. The van der Waals surface area contributed by atoms with E-state index in [2.05, 4.69) is 5.32 Å². The van der Waals surface area contributed by atoms with Crippen molar-refractivity contribution in [1.82, 2.24) is 0 Å². The summed E-state index contributed by atoms with van der Waals surface area (Å²) in [6.07, 6.45) is 1.77. The summed E-state index contributed by atoms with van der Waals surface area (Å²) in [6.45, 7) is 4.72.